The van der Waals surface area contributed by atoms with E-state index in [2.05, 4.69) is 26.1 Å². The molecular weight excluding hydrogens is 338 g/mol. The van der Waals surface area contributed by atoms with E-state index in [9.17, 15) is 9.59 Å². The smallest absolute Gasteiger partial charge is 0.310 e. The molecule has 0 aromatic heterocycles. The molecule has 144 valence electrons. The number of hydrogen-bond acceptors (Lipinski definition) is 4. The third-order valence-corrected chi connectivity index (χ3v) is 4.36. The van der Waals surface area contributed by atoms with Crippen LogP contribution in [-0.4, -0.2) is 24.9 Å². The van der Waals surface area contributed by atoms with E-state index in [0.29, 0.717) is 19.6 Å². The Kier molecular flexibility index (Phi) is 7.17. The van der Waals surface area contributed by atoms with Gasteiger partial charge in [0.25, 0.3) is 0 Å². The number of benzene rings is 2. The quantitative estimate of drug-likeness (QED) is 0.539. The SMILES string of the molecule is CCOC(=O)Cc1ccc(NCCC(=O)c2ccc(C(C)(C)C)cc2)cc1. The molecule has 0 aliphatic heterocycles. The molecule has 2 aromatic rings. The molecule has 27 heavy (non-hydrogen) atoms. The molecule has 0 aliphatic carbocycles. The first-order valence-electron chi connectivity index (χ1n) is 9.42. The predicted octanol–water partition coefficient (Wildman–Crippen LogP) is 4.77. The van der Waals surface area contributed by atoms with Crippen LogP contribution in [0.5, 0.6) is 0 Å². The highest BCUT2D eigenvalue weighted by molar-refractivity contribution is 5.96. The second kappa shape index (κ2) is 9.36. The van der Waals surface area contributed by atoms with Crippen molar-refractivity contribution in [2.75, 3.05) is 18.5 Å². The molecule has 2 aromatic carbocycles. The Morgan fingerprint density at radius 1 is 0.963 bits per heavy atom. The van der Waals surface area contributed by atoms with Crippen LogP contribution in [0.25, 0.3) is 0 Å². The first kappa shape index (κ1) is 20.7. The molecule has 0 radical (unpaired) electrons. The second-order valence-electron chi connectivity index (χ2n) is 7.61. The Balaban J connectivity index is 1.81. The zero-order valence-corrected chi connectivity index (χ0v) is 16.7. The minimum absolute atomic E-state index is 0.0859. The largest absolute Gasteiger partial charge is 0.466 e. The van der Waals surface area contributed by atoms with Crippen LogP contribution in [0.1, 0.15) is 55.6 Å². The molecule has 0 amide bonds. The standard InChI is InChI=1S/C23H29NO3/c1-5-27-22(26)16-17-6-12-20(13-7-17)24-15-14-21(25)18-8-10-19(11-9-18)23(2,3)4/h6-13,24H,5,14-16H2,1-4H3. The van der Waals surface area contributed by atoms with Crippen molar-refractivity contribution in [3.8, 4) is 0 Å². The van der Waals surface area contributed by atoms with Crippen molar-refractivity contribution in [1.29, 1.82) is 0 Å². The van der Waals surface area contributed by atoms with Gasteiger partial charge in [0, 0.05) is 24.2 Å². The van der Waals surface area contributed by atoms with Gasteiger partial charge in [-0.2, -0.15) is 0 Å². The summed E-state index contributed by atoms with van der Waals surface area (Å²) in [6.45, 7) is 9.23. The predicted molar refractivity (Wildman–Crippen MR) is 109 cm³/mol. The van der Waals surface area contributed by atoms with Gasteiger partial charge >= 0.3 is 5.97 Å². The second-order valence-corrected chi connectivity index (χ2v) is 7.61. The molecule has 0 atom stereocenters. The molecule has 1 N–H and O–H groups in total. The topological polar surface area (TPSA) is 55.4 Å². The molecule has 0 unspecified atom stereocenters. The lowest BCUT2D eigenvalue weighted by atomic mass is 9.86. The third-order valence-electron chi connectivity index (χ3n) is 4.36. The van der Waals surface area contributed by atoms with E-state index in [0.717, 1.165) is 16.8 Å². The number of ketones is 1. The lowest BCUT2D eigenvalue weighted by Crippen LogP contribution is -2.12. The van der Waals surface area contributed by atoms with Gasteiger partial charge in [0.2, 0.25) is 0 Å². The van der Waals surface area contributed by atoms with Gasteiger partial charge in [-0.25, -0.2) is 0 Å². The molecule has 0 saturated carbocycles. The molecule has 0 aliphatic rings. The van der Waals surface area contributed by atoms with Crippen molar-refractivity contribution >= 4 is 17.4 Å². The van der Waals surface area contributed by atoms with E-state index in [1.807, 2.05) is 48.5 Å². The van der Waals surface area contributed by atoms with Gasteiger partial charge in [-0.3, -0.25) is 9.59 Å². The minimum atomic E-state index is -0.221. The van der Waals surface area contributed by atoms with Gasteiger partial charge < -0.3 is 10.1 Å². The van der Waals surface area contributed by atoms with E-state index >= 15 is 0 Å². The van der Waals surface area contributed by atoms with Crippen LogP contribution in [-0.2, 0) is 21.4 Å². The van der Waals surface area contributed by atoms with Gasteiger partial charge in [0.05, 0.1) is 13.0 Å². The summed E-state index contributed by atoms with van der Waals surface area (Å²) < 4.78 is 4.94. The van der Waals surface area contributed by atoms with Gasteiger partial charge in [-0.15, -0.1) is 0 Å². The summed E-state index contributed by atoms with van der Waals surface area (Å²) in [6, 6.07) is 15.5. The van der Waals surface area contributed by atoms with Crippen LogP contribution < -0.4 is 5.32 Å². The van der Waals surface area contributed by atoms with Crippen molar-refractivity contribution in [2.24, 2.45) is 0 Å². The first-order valence-corrected chi connectivity index (χ1v) is 9.42. The minimum Gasteiger partial charge on any atom is -0.466 e. The fourth-order valence-electron chi connectivity index (χ4n) is 2.74. The number of carbonyl (C=O) groups is 2. The molecule has 0 bridgehead atoms. The van der Waals surface area contributed by atoms with Crippen LogP contribution in [0.15, 0.2) is 48.5 Å². The number of Topliss-reactive ketones (excluding diaryl/α,β-unsaturated/α-hetero) is 1. The average Bonchev–Trinajstić information content (AvgIpc) is 2.62. The van der Waals surface area contributed by atoms with Crippen LogP contribution in [0.3, 0.4) is 0 Å². The third kappa shape index (κ3) is 6.55. The number of rotatable bonds is 8. The van der Waals surface area contributed by atoms with Gasteiger partial charge in [-0.1, -0.05) is 57.2 Å². The molecule has 4 nitrogen and oxygen atoms in total. The number of nitrogens with one attached hydrogen (secondary N) is 1. The fraction of sp³-hybridized carbons (Fsp3) is 0.391. The van der Waals surface area contributed by atoms with E-state index in [-0.39, 0.29) is 23.6 Å². The molecule has 0 fully saturated rings. The lowest BCUT2D eigenvalue weighted by Gasteiger charge is -2.19. The Hall–Kier alpha value is -2.62. The number of esters is 1. The maximum absolute atomic E-state index is 12.3. The summed E-state index contributed by atoms with van der Waals surface area (Å²) in [5.74, 6) is -0.0943. The van der Waals surface area contributed by atoms with E-state index in [1.54, 1.807) is 6.92 Å². The van der Waals surface area contributed by atoms with E-state index < -0.39 is 0 Å². The van der Waals surface area contributed by atoms with Crippen molar-refractivity contribution in [3.63, 3.8) is 0 Å². The zero-order valence-electron chi connectivity index (χ0n) is 16.7. The summed E-state index contributed by atoms with van der Waals surface area (Å²) in [5, 5.41) is 3.25. The number of carbonyl (C=O) groups excluding carboxylic acids is 2. The summed E-state index contributed by atoms with van der Waals surface area (Å²) in [5.41, 5.74) is 3.89. The van der Waals surface area contributed by atoms with Gasteiger partial charge in [0.15, 0.2) is 5.78 Å². The first-order chi connectivity index (χ1) is 12.8. The maximum atomic E-state index is 12.3. The zero-order chi connectivity index (χ0) is 19.9. The number of hydrogen-bond donors (Lipinski definition) is 1. The van der Waals surface area contributed by atoms with E-state index in [4.69, 9.17) is 4.74 Å². The Labute approximate surface area is 161 Å². The Bertz CT molecular complexity index is 756. The van der Waals surface area contributed by atoms with Crippen LogP contribution >= 0.6 is 0 Å². The van der Waals surface area contributed by atoms with Crippen LogP contribution in [0.4, 0.5) is 5.69 Å². The Morgan fingerprint density at radius 2 is 1.59 bits per heavy atom. The highest BCUT2D eigenvalue weighted by atomic mass is 16.5. The molecule has 0 saturated heterocycles. The Morgan fingerprint density at radius 3 is 2.15 bits per heavy atom. The van der Waals surface area contributed by atoms with Crippen molar-refractivity contribution in [2.45, 2.75) is 46.0 Å². The molecular formula is C23H29NO3. The molecule has 0 heterocycles. The summed E-state index contributed by atoms with van der Waals surface area (Å²) in [6.07, 6.45) is 0.705. The maximum Gasteiger partial charge on any atom is 0.310 e. The molecule has 4 heteroatoms. The monoisotopic (exact) mass is 367 g/mol. The number of anilines is 1. The van der Waals surface area contributed by atoms with Gasteiger partial charge in [0.1, 0.15) is 0 Å². The summed E-state index contributed by atoms with van der Waals surface area (Å²) in [4.78, 5) is 23.8. The highest BCUT2D eigenvalue weighted by Gasteiger charge is 2.14. The average molecular weight is 367 g/mol. The lowest BCUT2D eigenvalue weighted by molar-refractivity contribution is -0.142. The van der Waals surface area contributed by atoms with Crippen molar-refractivity contribution in [3.05, 3.63) is 65.2 Å². The molecule has 0 spiro atoms. The summed E-state index contributed by atoms with van der Waals surface area (Å²) >= 11 is 0. The van der Waals surface area contributed by atoms with Crippen LogP contribution in [0.2, 0.25) is 0 Å². The van der Waals surface area contributed by atoms with Crippen molar-refractivity contribution < 1.29 is 14.3 Å². The normalized spacial score (nSPS) is 11.1. The van der Waals surface area contributed by atoms with Crippen LogP contribution in [0, 0.1) is 0 Å². The summed E-state index contributed by atoms with van der Waals surface area (Å²) in [7, 11) is 0. The van der Waals surface area contributed by atoms with Crippen molar-refractivity contribution in [1.82, 2.24) is 0 Å². The highest BCUT2D eigenvalue weighted by Crippen LogP contribution is 2.22. The van der Waals surface area contributed by atoms with Gasteiger partial charge in [-0.05, 0) is 35.6 Å². The fourth-order valence-corrected chi connectivity index (χ4v) is 2.74. The molecule has 2 rings (SSSR count). The number of ether oxygens (including phenoxy) is 1. The van der Waals surface area contributed by atoms with E-state index in [1.165, 1.54) is 5.56 Å².